The Hall–Kier alpha value is -3.98. The molecule has 1 aromatic carbocycles. The molecule has 5 aromatic rings. The predicted octanol–water partition coefficient (Wildman–Crippen LogP) is 5.29. The van der Waals surface area contributed by atoms with Crippen molar-refractivity contribution in [2.24, 2.45) is 0 Å². The summed E-state index contributed by atoms with van der Waals surface area (Å²) >= 11 is 6.17. The number of carbonyl (C=O) groups is 1. The van der Waals surface area contributed by atoms with Gasteiger partial charge in [0.05, 0.1) is 41.0 Å². The first-order valence-corrected chi connectivity index (χ1v) is 11.3. The molecule has 0 radical (unpaired) electrons. The maximum atomic E-state index is 13.4. The van der Waals surface area contributed by atoms with Gasteiger partial charge in [-0.25, -0.2) is 14.1 Å². The van der Waals surface area contributed by atoms with E-state index in [4.69, 9.17) is 16.0 Å². The average Bonchev–Trinajstić information content (AvgIpc) is 3.52. The summed E-state index contributed by atoms with van der Waals surface area (Å²) in [4.78, 5) is 17.5. The van der Waals surface area contributed by atoms with Gasteiger partial charge in [-0.1, -0.05) is 17.7 Å². The minimum atomic E-state index is -0.396. The minimum absolute atomic E-state index is 0.0210. The molecule has 0 saturated heterocycles. The first-order chi connectivity index (χ1) is 16.8. The molecule has 8 nitrogen and oxygen atoms in total. The Morgan fingerprint density at radius 3 is 2.66 bits per heavy atom. The number of hydrogen-bond acceptors (Lipinski definition) is 5. The summed E-state index contributed by atoms with van der Waals surface area (Å²) in [5, 5.41) is 13.2. The van der Waals surface area contributed by atoms with Crippen LogP contribution < -0.4 is 5.32 Å². The van der Waals surface area contributed by atoms with E-state index in [2.05, 4.69) is 20.5 Å². The number of aryl methyl sites for hydroxylation is 2. The van der Waals surface area contributed by atoms with Crippen molar-refractivity contribution < 1.29 is 13.6 Å². The zero-order valence-electron chi connectivity index (χ0n) is 19.3. The van der Waals surface area contributed by atoms with E-state index in [1.54, 1.807) is 27.9 Å². The Morgan fingerprint density at radius 1 is 1.11 bits per heavy atom. The fourth-order valence-electron chi connectivity index (χ4n) is 4.19. The zero-order chi connectivity index (χ0) is 24.7. The molecular weight excluding hydrogens is 471 g/mol. The molecule has 1 amide bonds. The van der Waals surface area contributed by atoms with Gasteiger partial charge in [0.2, 0.25) is 5.91 Å². The summed E-state index contributed by atoms with van der Waals surface area (Å²) in [5.41, 5.74) is 4.99. The first-order valence-electron chi connectivity index (χ1n) is 11.0. The third kappa shape index (κ3) is 4.30. The molecule has 4 heterocycles. The van der Waals surface area contributed by atoms with E-state index >= 15 is 0 Å². The summed E-state index contributed by atoms with van der Waals surface area (Å²) < 4.78 is 22.2. The van der Waals surface area contributed by atoms with E-state index in [-0.39, 0.29) is 12.5 Å². The number of amides is 1. The number of hydrogen-bond donors (Lipinski definition) is 1. The first kappa shape index (κ1) is 22.8. The van der Waals surface area contributed by atoms with Crippen molar-refractivity contribution in [1.29, 1.82) is 0 Å². The second kappa shape index (κ2) is 8.99. The van der Waals surface area contributed by atoms with E-state index in [1.165, 1.54) is 12.1 Å². The number of halogens is 2. The molecule has 0 aliphatic heterocycles. The Bertz CT molecular complexity index is 1550. The number of benzene rings is 1. The lowest BCUT2D eigenvalue weighted by atomic mass is 10.1. The van der Waals surface area contributed by atoms with Gasteiger partial charge in [-0.15, -0.1) is 0 Å². The van der Waals surface area contributed by atoms with Crippen molar-refractivity contribution in [3.63, 3.8) is 0 Å². The fraction of sp³-hybridized carbons (Fsp3) is 0.200. The van der Waals surface area contributed by atoms with E-state index in [1.807, 2.05) is 39.0 Å². The normalized spacial score (nSPS) is 11.3. The number of anilines is 1. The molecule has 0 aliphatic carbocycles. The number of fused-ring (bicyclic) bond motifs is 1. The van der Waals surface area contributed by atoms with Crippen molar-refractivity contribution in [1.82, 2.24) is 24.5 Å². The molecule has 0 unspecified atom stereocenters. The molecule has 0 bridgehead atoms. The van der Waals surface area contributed by atoms with Gasteiger partial charge in [-0.2, -0.15) is 10.2 Å². The third-order valence-electron chi connectivity index (χ3n) is 5.87. The van der Waals surface area contributed by atoms with Crippen LogP contribution in [-0.4, -0.2) is 30.5 Å². The standard InChI is InChI=1S/C25H22ClFN6O2/c1-14-23-19(21-5-4-10-35-21)8-9-28-25(23)33(30-14)13-22(34)29-24-15(2)31-32(16(24)3)12-17-6-7-18(27)11-20(17)26/h4-11H,12-13H2,1-3H3,(H,29,34). The van der Waals surface area contributed by atoms with Gasteiger partial charge in [-0.3, -0.25) is 9.48 Å². The highest BCUT2D eigenvalue weighted by Gasteiger charge is 2.19. The monoisotopic (exact) mass is 492 g/mol. The Kier molecular flexibility index (Phi) is 5.86. The second-order valence-corrected chi connectivity index (χ2v) is 8.67. The SMILES string of the molecule is Cc1nn(Cc2ccc(F)cc2Cl)c(C)c1NC(=O)Cn1nc(C)c2c(-c3ccco3)ccnc21. The van der Waals surface area contributed by atoms with Crippen LogP contribution in [0.1, 0.15) is 22.6 Å². The lowest BCUT2D eigenvalue weighted by molar-refractivity contribution is -0.116. The minimum Gasteiger partial charge on any atom is -0.464 e. The summed E-state index contributed by atoms with van der Waals surface area (Å²) in [7, 11) is 0. The van der Waals surface area contributed by atoms with Crippen LogP contribution in [0, 0.1) is 26.6 Å². The lowest BCUT2D eigenvalue weighted by Gasteiger charge is -2.09. The van der Waals surface area contributed by atoms with Crippen molar-refractivity contribution in [2.45, 2.75) is 33.9 Å². The third-order valence-corrected chi connectivity index (χ3v) is 6.22. The molecule has 0 atom stereocenters. The highest BCUT2D eigenvalue weighted by atomic mass is 35.5. The van der Waals surface area contributed by atoms with Gasteiger partial charge in [-0.05, 0) is 56.7 Å². The van der Waals surface area contributed by atoms with Gasteiger partial charge in [0.25, 0.3) is 0 Å². The predicted molar refractivity (Wildman–Crippen MR) is 131 cm³/mol. The van der Waals surface area contributed by atoms with Gasteiger partial charge >= 0.3 is 0 Å². The van der Waals surface area contributed by atoms with E-state index in [9.17, 15) is 9.18 Å². The molecule has 0 spiro atoms. The second-order valence-electron chi connectivity index (χ2n) is 8.26. The van der Waals surface area contributed by atoms with Gasteiger partial charge in [0, 0.05) is 16.8 Å². The molecule has 0 aliphatic rings. The van der Waals surface area contributed by atoms with Crippen LogP contribution in [0.5, 0.6) is 0 Å². The van der Waals surface area contributed by atoms with E-state index in [0.717, 1.165) is 27.9 Å². The smallest absolute Gasteiger partial charge is 0.246 e. The highest BCUT2D eigenvalue weighted by molar-refractivity contribution is 6.31. The van der Waals surface area contributed by atoms with Crippen LogP contribution in [0.25, 0.3) is 22.4 Å². The van der Waals surface area contributed by atoms with Crippen LogP contribution in [0.2, 0.25) is 5.02 Å². The number of aromatic nitrogens is 5. The average molecular weight is 493 g/mol. The van der Waals surface area contributed by atoms with Crippen LogP contribution in [-0.2, 0) is 17.9 Å². The summed E-state index contributed by atoms with van der Waals surface area (Å²) in [6.45, 7) is 5.88. The molecule has 35 heavy (non-hydrogen) atoms. The molecule has 10 heteroatoms. The maximum absolute atomic E-state index is 13.4. The Morgan fingerprint density at radius 2 is 1.91 bits per heavy atom. The number of nitrogens with one attached hydrogen (secondary N) is 1. The topological polar surface area (TPSA) is 90.8 Å². The molecule has 178 valence electrons. The van der Waals surface area contributed by atoms with E-state index < -0.39 is 5.82 Å². The van der Waals surface area contributed by atoms with Crippen molar-refractivity contribution in [2.75, 3.05) is 5.32 Å². The van der Waals surface area contributed by atoms with Crippen LogP contribution in [0.15, 0.2) is 53.3 Å². The van der Waals surface area contributed by atoms with E-state index in [0.29, 0.717) is 34.4 Å². The molecule has 4 aromatic heterocycles. The number of furan rings is 1. The summed E-state index contributed by atoms with van der Waals surface area (Å²) in [6, 6.07) is 9.82. The van der Waals surface area contributed by atoms with Crippen LogP contribution in [0.3, 0.4) is 0 Å². The largest absolute Gasteiger partial charge is 0.464 e. The number of carbonyl (C=O) groups excluding carboxylic acids is 1. The number of pyridine rings is 1. The van der Waals surface area contributed by atoms with Crippen LogP contribution >= 0.6 is 11.6 Å². The highest BCUT2D eigenvalue weighted by Crippen LogP contribution is 2.30. The van der Waals surface area contributed by atoms with Crippen LogP contribution in [0.4, 0.5) is 10.1 Å². The van der Waals surface area contributed by atoms with Crippen molar-refractivity contribution in [3.05, 3.63) is 82.3 Å². The quantitative estimate of drug-likeness (QED) is 0.347. The number of rotatable bonds is 6. The molecular formula is C25H22ClFN6O2. The zero-order valence-corrected chi connectivity index (χ0v) is 20.1. The van der Waals surface area contributed by atoms with Crippen molar-refractivity contribution in [3.8, 4) is 11.3 Å². The lowest BCUT2D eigenvalue weighted by Crippen LogP contribution is -2.20. The Labute approximate surface area is 205 Å². The summed E-state index contributed by atoms with van der Waals surface area (Å²) in [5.74, 6) is 0.0572. The van der Waals surface area contributed by atoms with Crippen molar-refractivity contribution >= 4 is 34.2 Å². The Balaban J connectivity index is 1.38. The van der Waals surface area contributed by atoms with Gasteiger partial charge in [0.1, 0.15) is 18.1 Å². The molecule has 0 fully saturated rings. The van der Waals surface area contributed by atoms with Gasteiger partial charge in [0.15, 0.2) is 5.65 Å². The molecule has 0 saturated carbocycles. The van der Waals surface area contributed by atoms with Gasteiger partial charge < -0.3 is 9.73 Å². The fourth-order valence-corrected chi connectivity index (χ4v) is 4.41. The molecule has 5 rings (SSSR count). The summed E-state index contributed by atoms with van der Waals surface area (Å²) in [6.07, 6.45) is 3.29. The number of nitrogens with zero attached hydrogens (tertiary/aromatic N) is 5. The molecule has 1 N–H and O–H groups in total. The maximum Gasteiger partial charge on any atom is 0.246 e.